The van der Waals surface area contributed by atoms with Crippen LogP contribution in [0.15, 0.2) is 84.9 Å². The first kappa shape index (κ1) is 70.7. The molecular formula is C35H27N19O33. The lowest BCUT2D eigenvalue weighted by molar-refractivity contribution is -0.775. The van der Waals surface area contributed by atoms with Crippen LogP contribution in [0.1, 0.15) is 11.1 Å². The molecule has 1 heterocycles. The van der Waals surface area contributed by atoms with Crippen molar-refractivity contribution in [2.24, 2.45) is 0 Å². The fourth-order valence-corrected chi connectivity index (χ4v) is 5.66. The van der Waals surface area contributed by atoms with Crippen LogP contribution in [0, 0.1) is 176 Å². The second kappa shape index (κ2) is 30.9. The van der Waals surface area contributed by atoms with Gasteiger partial charge < -0.3 is 5.11 Å². The number of hydrogen-bond acceptors (Lipinski definition) is 33. The van der Waals surface area contributed by atoms with E-state index in [9.17, 15) is 162 Å². The van der Waals surface area contributed by atoms with Crippen LogP contribution in [0.25, 0.3) is 0 Å². The van der Waals surface area contributed by atoms with Gasteiger partial charge in [0.15, 0.2) is 15.1 Å². The van der Waals surface area contributed by atoms with E-state index in [0.717, 1.165) is 12.1 Å². The van der Waals surface area contributed by atoms with Gasteiger partial charge in [-0.05, 0) is 26.0 Å². The lowest BCUT2D eigenvalue weighted by Crippen LogP contribution is -2.59. The monoisotopic (exact) mass is 1240 g/mol. The Balaban J connectivity index is 0.000000523. The van der Waals surface area contributed by atoms with Crippen molar-refractivity contribution in [3.05, 3.63) is 258 Å². The molecule has 0 aliphatic carbocycles. The third kappa shape index (κ3) is 21.0. The van der Waals surface area contributed by atoms with Crippen LogP contribution in [0.2, 0.25) is 0 Å². The Morgan fingerprint density at radius 2 is 0.506 bits per heavy atom. The summed E-state index contributed by atoms with van der Waals surface area (Å²) in [6.45, 7) is 0.918. The summed E-state index contributed by atoms with van der Waals surface area (Å²) in [5, 5.41) is 173. The average molecular weight is 1240 g/mol. The summed E-state index contributed by atoms with van der Waals surface area (Å²) in [6.07, 6.45) is 0. The van der Waals surface area contributed by atoms with Crippen LogP contribution < -0.4 is 0 Å². The molecule has 87 heavy (non-hydrogen) atoms. The fraction of sp³-hybridized carbons (Fsp3) is 0.143. The molecule has 0 amide bonds. The number of benzene rings is 5. The summed E-state index contributed by atoms with van der Waals surface area (Å²) < 4.78 is 0. The van der Waals surface area contributed by atoms with E-state index < -0.39 is 156 Å². The van der Waals surface area contributed by atoms with E-state index in [-0.39, 0.29) is 28.3 Å². The highest BCUT2D eigenvalue weighted by Gasteiger charge is 2.39. The molecule has 0 spiro atoms. The van der Waals surface area contributed by atoms with E-state index in [0.29, 0.717) is 63.1 Å². The molecule has 6 rings (SSSR count). The van der Waals surface area contributed by atoms with E-state index in [4.69, 9.17) is 5.11 Å². The van der Waals surface area contributed by atoms with Crippen molar-refractivity contribution >= 4 is 73.9 Å². The van der Waals surface area contributed by atoms with Gasteiger partial charge in [-0.2, -0.15) is 0 Å². The van der Waals surface area contributed by atoms with Gasteiger partial charge in [-0.1, -0.05) is 15.0 Å². The van der Waals surface area contributed by atoms with Crippen LogP contribution in [-0.4, -0.2) is 119 Å². The number of phenols is 1. The maximum Gasteiger partial charge on any atom is 0.324 e. The molecule has 0 saturated carbocycles. The van der Waals surface area contributed by atoms with Crippen molar-refractivity contribution in [1.82, 2.24) is 15.0 Å². The first-order valence-electron chi connectivity index (χ1n) is 21.1. The predicted octanol–water partition coefficient (Wildman–Crippen LogP) is 5.92. The number of aromatic hydroxyl groups is 1. The second-order valence-corrected chi connectivity index (χ2v) is 15.1. The minimum Gasteiger partial charge on any atom is -0.497 e. The fourth-order valence-electron chi connectivity index (χ4n) is 5.66. The van der Waals surface area contributed by atoms with Crippen molar-refractivity contribution in [1.29, 1.82) is 0 Å². The molecule has 52 heteroatoms. The van der Waals surface area contributed by atoms with Gasteiger partial charge in [0.2, 0.25) is 20.0 Å². The van der Waals surface area contributed by atoms with Gasteiger partial charge in [0.05, 0.1) is 119 Å². The van der Waals surface area contributed by atoms with E-state index >= 15 is 0 Å². The van der Waals surface area contributed by atoms with Gasteiger partial charge >= 0.3 is 11.4 Å². The Kier molecular flexibility index (Phi) is 25.1. The van der Waals surface area contributed by atoms with Crippen LogP contribution in [-0.2, 0) is 0 Å². The molecule has 52 nitrogen and oxygen atoms in total. The number of nitrogens with zero attached hydrogens (tertiary/aromatic N) is 19. The molecule has 0 atom stereocenters. The normalized spacial score (nSPS) is 10.8. The first-order chi connectivity index (χ1) is 40.1. The Bertz CT molecular complexity index is 3350. The van der Waals surface area contributed by atoms with Crippen molar-refractivity contribution in [2.45, 2.75) is 13.8 Å². The first-order valence-corrected chi connectivity index (χ1v) is 21.1. The molecule has 0 bridgehead atoms. The third-order valence-corrected chi connectivity index (χ3v) is 9.64. The summed E-state index contributed by atoms with van der Waals surface area (Å²) in [6, 6.07) is 12.4. The van der Waals surface area contributed by atoms with E-state index in [2.05, 4.69) is 0 Å². The third-order valence-electron chi connectivity index (χ3n) is 9.64. The lowest BCUT2D eigenvalue weighted by atomic mass is 10.1. The van der Waals surface area contributed by atoms with Crippen LogP contribution >= 0.6 is 0 Å². The molecule has 460 valence electrons. The van der Waals surface area contributed by atoms with Gasteiger partial charge in [-0.25, -0.2) is 30.3 Å². The number of non-ortho nitro benzene ring substituents is 8. The smallest absolute Gasteiger partial charge is 0.324 e. The highest BCUT2D eigenvalue weighted by molar-refractivity contribution is 5.65. The Morgan fingerprint density at radius 3 is 0.747 bits per heavy atom. The Labute approximate surface area is 470 Å². The number of hydrazine groups is 3. The van der Waals surface area contributed by atoms with Crippen molar-refractivity contribution in [3.8, 4) is 5.75 Å². The summed E-state index contributed by atoms with van der Waals surface area (Å²) in [4.78, 5) is 154. The summed E-state index contributed by atoms with van der Waals surface area (Å²) >= 11 is 0. The minimum atomic E-state index is -1.21. The molecule has 5 aromatic rings. The maximum absolute atomic E-state index is 10.5. The molecule has 5 aromatic carbocycles. The quantitative estimate of drug-likeness (QED) is 0.0885. The maximum atomic E-state index is 10.5. The topological polar surface area (TPSA) is 720 Å². The predicted molar refractivity (Wildman–Crippen MR) is 271 cm³/mol. The molecule has 0 unspecified atom stereocenters. The van der Waals surface area contributed by atoms with E-state index in [1.807, 2.05) is 0 Å². The summed E-state index contributed by atoms with van der Waals surface area (Å²) in [5.74, 6) is -1.21. The van der Waals surface area contributed by atoms with Crippen molar-refractivity contribution in [2.75, 3.05) is 20.0 Å². The van der Waals surface area contributed by atoms with Crippen LogP contribution in [0.5, 0.6) is 5.75 Å². The Morgan fingerprint density at radius 1 is 0.287 bits per heavy atom. The molecule has 1 aliphatic heterocycles. The van der Waals surface area contributed by atoms with Crippen molar-refractivity contribution < 1.29 is 84.2 Å². The van der Waals surface area contributed by atoms with Crippen LogP contribution in [0.3, 0.4) is 0 Å². The van der Waals surface area contributed by atoms with E-state index in [1.54, 1.807) is 0 Å². The number of rotatable bonds is 16. The Hall–Kier alpha value is -14.3. The molecule has 1 saturated heterocycles. The zero-order valence-electron chi connectivity index (χ0n) is 42.2. The van der Waals surface area contributed by atoms with Gasteiger partial charge in [0.1, 0.15) is 5.56 Å². The zero-order valence-corrected chi connectivity index (χ0v) is 42.2. The number of nitro groups is 16. The minimum absolute atomic E-state index is 0.208. The average Bonchev–Trinajstić information content (AvgIpc) is 3.50. The highest BCUT2D eigenvalue weighted by atomic mass is 16.7. The number of aryl methyl sites for hydroxylation is 1. The standard InChI is InChI=1S/C7H5N3O6.C7H6N2O4.C6H3N3O7.C6H3N3O6.C6H4N2O4.C3H6N6O6/c1-4-6(9(13)14)2-5(8(11)12)3-7(4)10(15)16;1-5-2-3-6(8(10)11)4-7(5)9(12)13;10-6-4(8(13)14)1-3(7(11)12)2-5(6)9(15)16;10-7(11)4-1-5(8(12)13)3-6(2-4)9(14)15;9-7(10)5-2-1-3-6(4-5)8(11)12;10-7(11)4-1-5(8(12)13)3-6(2-4)9(14)15/h2-3H,1H3;2-4H,1H3;1-2,10H;1-3H;1-4H;1-3H2. The second-order valence-electron chi connectivity index (χ2n) is 15.1. The number of hydrogen-bond donors (Lipinski definition) is 1. The van der Waals surface area contributed by atoms with E-state index in [1.165, 1.54) is 44.2 Å². The van der Waals surface area contributed by atoms with Gasteiger partial charge in [-0.3, -0.25) is 131 Å². The summed E-state index contributed by atoms with van der Waals surface area (Å²) in [5.41, 5.74) is -7.84. The zero-order chi connectivity index (χ0) is 67.2. The van der Waals surface area contributed by atoms with Gasteiger partial charge in [-0.15, -0.1) is 0 Å². The lowest BCUT2D eigenvalue weighted by Gasteiger charge is -2.27. The SMILES string of the molecule is Cc1c([N+](=O)[O-])cc([N+](=O)[O-])cc1[N+](=O)[O-].Cc1ccc([N+](=O)[O-])cc1[N+](=O)[O-].O=[N+]([O-])N1CN([N+](=O)[O-])CN([N+](=O)[O-])C1.O=[N+]([O-])c1cc([N+](=O)[O-])c(O)c([N+](=O)[O-])c1.O=[N+]([O-])c1cc([N+](=O)[O-])cc([N+](=O)[O-])c1.O=[N+]([O-])c1cccc([N+](=O)[O-])c1. The molecule has 0 radical (unpaired) electrons. The molecular weight excluding hydrogens is 1210 g/mol. The number of nitro benzene ring substituents is 13. The summed E-state index contributed by atoms with van der Waals surface area (Å²) in [7, 11) is 0. The molecule has 1 aliphatic rings. The van der Waals surface area contributed by atoms with Crippen molar-refractivity contribution in [3.63, 3.8) is 0 Å². The molecule has 1 N–H and O–H groups in total. The van der Waals surface area contributed by atoms with Gasteiger partial charge in [0.25, 0.3) is 68.3 Å². The largest absolute Gasteiger partial charge is 0.497 e. The highest BCUT2D eigenvalue weighted by Crippen LogP contribution is 2.39. The van der Waals surface area contributed by atoms with Gasteiger partial charge in [0, 0.05) is 23.8 Å². The molecule has 1 fully saturated rings. The van der Waals surface area contributed by atoms with Crippen LogP contribution in [0.4, 0.5) is 73.9 Å². The molecule has 0 aromatic heterocycles. The number of phenolic OH excluding ortho intramolecular Hbond substituents is 1.